The summed E-state index contributed by atoms with van der Waals surface area (Å²) in [6, 6.07) is -0.735. The van der Waals surface area contributed by atoms with Crippen molar-refractivity contribution in [1.29, 1.82) is 0 Å². The molecule has 0 spiro atoms. The van der Waals surface area contributed by atoms with Crippen LogP contribution in [0.3, 0.4) is 0 Å². The Morgan fingerprint density at radius 3 is 1.45 bits per heavy atom. The van der Waals surface area contributed by atoms with Crippen LogP contribution in [0.15, 0.2) is 5.11 Å². The standard InChI is InChI=1S/C43H82N6O18/c1-5-13-54-16-19-57-22-24-59-27-29-62-31-33-65-37-41(52)47-38(39(50)10-8-14-55-17-20-63-34-35-66-48-42(53)67-43(2,3)4)9-6-7-11-45-40(51)36-64-32-30-61-28-26-60-25-23-58-21-18-56-15-12-46-49-44/h38H,5-37H2,1-4H3,(H,45,51)(H,47,52)(H,48,53)/t38-/m0/s1. The van der Waals surface area contributed by atoms with Crippen molar-refractivity contribution in [3.8, 4) is 0 Å². The maximum Gasteiger partial charge on any atom is 0.431 e. The summed E-state index contributed by atoms with van der Waals surface area (Å²) in [6.07, 6.45) is 2.44. The van der Waals surface area contributed by atoms with Crippen LogP contribution in [-0.4, -0.2) is 214 Å². The van der Waals surface area contributed by atoms with Crippen LogP contribution in [0.5, 0.6) is 0 Å². The Kier molecular flexibility index (Phi) is 46.7. The fraction of sp³-hybridized carbons (Fsp3) is 0.907. The first-order chi connectivity index (χ1) is 32.6. The summed E-state index contributed by atoms with van der Waals surface area (Å²) < 4.78 is 70.1. The van der Waals surface area contributed by atoms with E-state index in [0.717, 1.165) is 13.0 Å². The summed E-state index contributed by atoms with van der Waals surface area (Å²) in [5.41, 5.74) is 9.74. The predicted octanol–water partition coefficient (Wildman–Crippen LogP) is 2.48. The van der Waals surface area contributed by atoms with Crippen LogP contribution in [0.2, 0.25) is 0 Å². The first-order valence-electron chi connectivity index (χ1n) is 23.2. The molecule has 67 heavy (non-hydrogen) atoms. The summed E-state index contributed by atoms with van der Waals surface area (Å²) in [4.78, 5) is 57.4. The highest BCUT2D eigenvalue weighted by Gasteiger charge is 2.20. The van der Waals surface area contributed by atoms with Crippen molar-refractivity contribution in [3.05, 3.63) is 10.4 Å². The lowest BCUT2D eigenvalue weighted by atomic mass is 10.0. The summed E-state index contributed by atoms with van der Waals surface area (Å²) in [7, 11) is 0. The van der Waals surface area contributed by atoms with E-state index in [4.69, 9.17) is 71.9 Å². The Hall–Kier alpha value is -3.33. The molecule has 0 unspecified atom stereocenters. The second-order valence-corrected chi connectivity index (χ2v) is 15.2. The fourth-order valence-electron chi connectivity index (χ4n) is 5.04. The van der Waals surface area contributed by atoms with E-state index in [9.17, 15) is 19.2 Å². The third kappa shape index (κ3) is 50.4. The normalized spacial score (nSPS) is 11.8. The second kappa shape index (κ2) is 49.1. The number of amides is 3. The number of unbranched alkanes of at least 4 members (excludes halogenated alkanes) is 1. The number of nitrogens with zero attached hydrogens (tertiary/aromatic N) is 3. The summed E-state index contributed by atoms with van der Waals surface area (Å²) in [5, 5.41) is 8.97. The number of Topliss-reactive ketones (excluding diaryl/α,β-unsaturated/α-hetero) is 1. The van der Waals surface area contributed by atoms with Gasteiger partial charge in [-0.2, -0.15) is 5.48 Å². The topological polar surface area (TPSA) is 282 Å². The highest BCUT2D eigenvalue weighted by atomic mass is 16.7. The average Bonchev–Trinajstić information content (AvgIpc) is 3.29. The Labute approximate surface area is 396 Å². The first kappa shape index (κ1) is 63.7. The van der Waals surface area contributed by atoms with Gasteiger partial charge in [-0.25, -0.2) is 4.79 Å². The minimum Gasteiger partial charge on any atom is -0.442 e. The minimum atomic E-state index is -0.735. The van der Waals surface area contributed by atoms with Gasteiger partial charge in [0.05, 0.1) is 145 Å². The third-order valence-electron chi connectivity index (χ3n) is 8.12. The highest BCUT2D eigenvalue weighted by Crippen LogP contribution is 2.08. The lowest BCUT2D eigenvalue weighted by Gasteiger charge is -2.19. The monoisotopic (exact) mass is 971 g/mol. The molecule has 0 fully saturated rings. The van der Waals surface area contributed by atoms with Crippen LogP contribution < -0.4 is 16.1 Å². The molecule has 0 saturated heterocycles. The average molecular weight is 971 g/mol. The molecule has 0 aromatic carbocycles. The van der Waals surface area contributed by atoms with Gasteiger partial charge in [0.1, 0.15) is 18.8 Å². The van der Waals surface area contributed by atoms with Crippen molar-refractivity contribution in [2.75, 3.05) is 178 Å². The van der Waals surface area contributed by atoms with E-state index in [1.54, 1.807) is 20.8 Å². The molecule has 1 atom stereocenters. The number of ketones is 1. The molecule has 0 heterocycles. The second-order valence-electron chi connectivity index (χ2n) is 15.2. The van der Waals surface area contributed by atoms with E-state index in [1.807, 2.05) is 0 Å². The zero-order valence-corrected chi connectivity index (χ0v) is 40.6. The van der Waals surface area contributed by atoms with Crippen LogP contribution >= 0.6 is 0 Å². The molecule has 24 nitrogen and oxygen atoms in total. The largest absolute Gasteiger partial charge is 0.442 e. The molecule has 0 saturated carbocycles. The SMILES string of the molecule is CCCOCCOCCOCCOCCOCC(=O)N[C@@H](CCCCNC(=O)COCCOCCOCCOCCOCCN=[N+]=[N-])C(=O)CCCOCCOCCONC(=O)OC(C)(C)C. The van der Waals surface area contributed by atoms with Crippen molar-refractivity contribution in [2.45, 2.75) is 77.9 Å². The van der Waals surface area contributed by atoms with E-state index in [2.05, 4.69) is 33.1 Å². The van der Waals surface area contributed by atoms with Gasteiger partial charge in [0, 0.05) is 37.6 Å². The van der Waals surface area contributed by atoms with Gasteiger partial charge in [-0.15, -0.1) is 0 Å². The number of carbonyl (C=O) groups is 4. The van der Waals surface area contributed by atoms with E-state index in [0.29, 0.717) is 145 Å². The van der Waals surface area contributed by atoms with E-state index in [-0.39, 0.29) is 70.9 Å². The number of azide groups is 1. The van der Waals surface area contributed by atoms with Gasteiger partial charge < -0.3 is 72.2 Å². The lowest BCUT2D eigenvalue weighted by molar-refractivity contribution is -0.131. The van der Waals surface area contributed by atoms with Crippen molar-refractivity contribution < 1.29 is 85.6 Å². The van der Waals surface area contributed by atoms with Gasteiger partial charge in [0.2, 0.25) is 11.8 Å². The molecule has 24 heteroatoms. The number of rotatable bonds is 51. The number of hydroxylamine groups is 1. The molecule has 0 aromatic rings. The van der Waals surface area contributed by atoms with Crippen molar-refractivity contribution in [1.82, 2.24) is 16.1 Å². The van der Waals surface area contributed by atoms with Gasteiger partial charge in [0.25, 0.3) is 0 Å². The van der Waals surface area contributed by atoms with Gasteiger partial charge >= 0.3 is 6.09 Å². The number of hydrogen-bond donors (Lipinski definition) is 3. The summed E-state index contributed by atoms with van der Waals surface area (Å²) in [5.74, 6) is -0.839. The van der Waals surface area contributed by atoms with Gasteiger partial charge in [-0.1, -0.05) is 12.0 Å². The van der Waals surface area contributed by atoms with Crippen molar-refractivity contribution >= 4 is 23.7 Å². The molecular weight excluding hydrogens is 888 g/mol. The Morgan fingerprint density at radius 2 is 0.970 bits per heavy atom. The number of ether oxygens (including phenoxy) is 13. The van der Waals surface area contributed by atoms with E-state index in [1.165, 1.54) is 0 Å². The predicted molar refractivity (Wildman–Crippen MR) is 242 cm³/mol. The molecular formula is C43H82N6O18. The van der Waals surface area contributed by atoms with Crippen LogP contribution in [0.4, 0.5) is 4.79 Å². The third-order valence-corrected chi connectivity index (χ3v) is 8.12. The maximum absolute atomic E-state index is 13.2. The highest BCUT2D eigenvalue weighted by molar-refractivity contribution is 5.89. The zero-order chi connectivity index (χ0) is 49.2. The smallest absolute Gasteiger partial charge is 0.431 e. The molecule has 392 valence electrons. The lowest BCUT2D eigenvalue weighted by Crippen LogP contribution is -2.42. The quantitative estimate of drug-likeness (QED) is 0.0260. The maximum atomic E-state index is 13.2. The van der Waals surface area contributed by atoms with E-state index < -0.39 is 23.6 Å². The molecule has 0 radical (unpaired) electrons. The molecule has 0 aliphatic carbocycles. The zero-order valence-electron chi connectivity index (χ0n) is 40.6. The van der Waals surface area contributed by atoms with Crippen molar-refractivity contribution in [2.24, 2.45) is 5.11 Å². The van der Waals surface area contributed by atoms with Crippen LogP contribution in [-0.2, 0) is 80.8 Å². The molecule has 0 aromatic heterocycles. The van der Waals surface area contributed by atoms with Gasteiger partial charge in [-0.3, -0.25) is 19.2 Å². The summed E-state index contributed by atoms with van der Waals surface area (Å²) >= 11 is 0. The van der Waals surface area contributed by atoms with Crippen molar-refractivity contribution in [3.63, 3.8) is 0 Å². The molecule has 0 aliphatic rings. The number of nitrogens with one attached hydrogen (secondary N) is 3. The van der Waals surface area contributed by atoms with Gasteiger partial charge in [-0.05, 0) is 58.4 Å². The molecule has 0 aliphatic heterocycles. The van der Waals surface area contributed by atoms with Crippen LogP contribution in [0.25, 0.3) is 10.4 Å². The first-order valence-corrected chi connectivity index (χ1v) is 23.2. The minimum absolute atomic E-state index is 0.121. The fourth-order valence-corrected chi connectivity index (χ4v) is 5.04. The Bertz CT molecular complexity index is 1230. The van der Waals surface area contributed by atoms with Crippen LogP contribution in [0.1, 0.15) is 66.2 Å². The molecule has 3 amide bonds. The number of hydrogen-bond acceptors (Lipinski definition) is 19. The summed E-state index contributed by atoms with van der Waals surface area (Å²) in [6.45, 7) is 16.1. The Morgan fingerprint density at radius 1 is 0.537 bits per heavy atom. The van der Waals surface area contributed by atoms with E-state index >= 15 is 0 Å². The Balaban J connectivity index is 4.31. The van der Waals surface area contributed by atoms with Crippen LogP contribution in [0, 0.1) is 0 Å². The number of carbonyl (C=O) groups excluding carboxylic acids is 4. The molecule has 3 N–H and O–H groups in total. The molecule has 0 bridgehead atoms. The van der Waals surface area contributed by atoms with Gasteiger partial charge in [0.15, 0.2) is 5.78 Å². The molecule has 0 rings (SSSR count).